The predicted molar refractivity (Wildman–Crippen MR) is 113 cm³/mol. The van der Waals surface area contributed by atoms with E-state index in [9.17, 15) is 13.2 Å². The molecule has 0 spiro atoms. The molecule has 2 aliphatic rings. The first-order valence-corrected chi connectivity index (χ1v) is 11.9. The number of hydrogen-bond acceptors (Lipinski definition) is 3. The summed E-state index contributed by atoms with van der Waals surface area (Å²) in [7, 11) is -3.45. The first-order valence-electron chi connectivity index (χ1n) is 10.5. The summed E-state index contributed by atoms with van der Waals surface area (Å²) in [6.07, 6.45) is 5.01. The van der Waals surface area contributed by atoms with Crippen molar-refractivity contribution in [2.75, 3.05) is 26.2 Å². The van der Waals surface area contributed by atoms with E-state index in [1.54, 1.807) is 24.3 Å². The van der Waals surface area contributed by atoms with E-state index in [1.807, 2.05) is 23.1 Å². The van der Waals surface area contributed by atoms with Gasteiger partial charge < -0.3 is 4.90 Å². The molecule has 6 heteroatoms. The highest BCUT2D eigenvalue weighted by molar-refractivity contribution is 7.89. The largest absolute Gasteiger partial charge is 0.338 e. The Hall–Kier alpha value is -2.18. The van der Waals surface area contributed by atoms with Crippen LogP contribution in [0, 0.1) is 0 Å². The Balaban J connectivity index is 1.50. The zero-order valence-corrected chi connectivity index (χ0v) is 17.5. The zero-order valence-electron chi connectivity index (χ0n) is 16.7. The van der Waals surface area contributed by atoms with Crippen molar-refractivity contribution in [3.8, 4) is 0 Å². The van der Waals surface area contributed by atoms with Crippen molar-refractivity contribution in [3.05, 3.63) is 65.7 Å². The van der Waals surface area contributed by atoms with E-state index >= 15 is 0 Å². The quantitative estimate of drug-likeness (QED) is 0.766. The maximum absolute atomic E-state index is 13.1. The smallest absolute Gasteiger partial charge is 0.253 e. The summed E-state index contributed by atoms with van der Waals surface area (Å²) in [6.45, 7) is 2.61. The number of likely N-dealkylation sites (tertiary alicyclic amines) is 1. The molecule has 2 aromatic carbocycles. The third-order valence-corrected chi connectivity index (χ3v) is 7.95. The molecule has 2 heterocycles. The van der Waals surface area contributed by atoms with Crippen LogP contribution in [0.25, 0.3) is 0 Å². The lowest BCUT2D eigenvalue weighted by Gasteiger charge is -2.25. The third-order valence-electron chi connectivity index (χ3n) is 6.03. The molecular formula is C23H28N2O3S. The molecule has 0 aliphatic carbocycles. The van der Waals surface area contributed by atoms with Crippen molar-refractivity contribution in [3.63, 3.8) is 0 Å². The van der Waals surface area contributed by atoms with Gasteiger partial charge in [-0.3, -0.25) is 4.79 Å². The SMILES string of the molecule is O=C(c1ccc(S(=O)(=O)N2CCCC2)cc1)N1CCCCC(c2ccccc2)C1. The summed E-state index contributed by atoms with van der Waals surface area (Å²) < 4.78 is 26.9. The number of benzene rings is 2. The molecule has 0 bridgehead atoms. The molecule has 4 rings (SSSR count). The third kappa shape index (κ3) is 4.38. The first-order chi connectivity index (χ1) is 14.1. The number of amides is 1. The Morgan fingerprint density at radius 1 is 0.828 bits per heavy atom. The lowest BCUT2D eigenvalue weighted by molar-refractivity contribution is 0.0754. The van der Waals surface area contributed by atoms with Gasteiger partial charge in [0.1, 0.15) is 0 Å². The van der Waals surface area contributed by atoms with Crippen molar-refractivity contribution >= 4 is 15.9 Å². The first kappa shape index (κ1) is 20.1. The van der Waals surface area contributed by atoms with E-state index in [0.29, 0.717) is 31.1 Å². The molecule has 2 aliphatic heterocycles. The van der Waals surface area contributed by atoms with Crippen molar-refractivity contribution in [2.45, 2.75) is 42.9 Å². The van der Waals surface area contributed by atoms with Crippen molar-refractivity contribution < 1.29 is 13.2 Å². The molecule has 2 saturated heterocycles. The van der Waals surface area contributed by atoms with Crippen LogP contribution in [0.15, 0.2) is 59.5 Å². The van der Waals surface area contributed by atoms with Gasteiger partial charge in [-0.2, -0.15) is 4.31 Å². The maximum atomic E-state index is 13.1. The molecule has 2 fully saturated rings. The van der Waals surface area contributed by atoms with Crippen molar-refractivity contribution in [1.29, 1.82) is 0 Å². The fraction of sp³-hybridized carbons (Fsp3) is 0.435. The summed E-state index contributed by atoms with van der Waals surface area (Å²) in [5.41, 5.74) is 1.83. The van der Waals surface area contributed by atoms with E-state index in [4.69, 9.17) is 0 Å². The van der Waals surface area contributed by atoms with Gasteiger partial charge in [0, 0.05) is 37.7 Å². The second-order valence-electron chi connectivity index (χ2n) is 7.99. The van der Waals surface area contributed by atoms with Gasteiger partial charge in [0.05, 0.1) is 4.90 Å². The van der Waals surface area contributed by atoms with Crippen LogP contribution in [0.3, 0.4) is 0 Å². The Morgan fingerprint density at radius 3 is 2.17 bits per heavy atom. The molecule has 0 N–H and O–H groups in total. The van der Waals surface area contributed by atoms with Crippen LogP contribution in [0.5, 0.6) is 0 Å². The molecule has 0 aromatic heterocycles. The zero-order chi connectivity index (χ0) is 20.3. The van der Waals surface area contributed by atoms with Crippen molar-refractivity contribution in [1.82, 2.24) is 9.21 Å². The molecule has 154 valence electrons. The molecule has 0 radical (unpaired) electrons. The topological polar surface area (TPSA) is 57.7 Å². The van der Waals surface area contributed by atoms with Crippen LogP contribution in [0.1, 0.15) is 53.9 Å². The minimum atomic E-state index is -3.45. The average Bonchev–Trinajstić information content (AvgIpc) is 3.20. The van der Waals surface area contributed by atoms with Crippen LogP contribution < -0.4 is 0 Å². The van der Waals surface area contributed by atoms with Crippen LogP contribution in [0.2, 0.25) is 0 Å². The lowest BCUT2D eigenvalue weighted by atomic mass is 9.94. The number of rotatable bonds is 4. The summed E-state index contributed by atoms with van der Waals surface area (Å²) in [6, 6.07) is 16.9. The molecule has 1 atom stereocenters. The fourth-order valence-electron chi connectivity index (χ4n) is 4.35. The van der Waals surface area contributed by atoms with Crippen molar-refractivity contribution in [2.24, 2.45) is 0 Å². The molecule has 1 unspecified atom stereocenters. The lowest BCUT2D eigenvalue weighted by Crippen LogP contribution is -2.34. The normalized spacial score (nSPS) is 21.1. The predicted octanol–water partition coefficient (Wildman–Crippen LogP) is 3.88. The number of carbonyl (C=O) groups is 1. The molecule has 5 nitrogen and oxygen atoms in total. The van der Waals surface area contributed by atoms with Crippen LogP contribution in [-0.2, 0) is 10.0 Å². The Bertz CT molecular complexity index is 936. The van der Waals surface area contributed by atoms with Gasteiger partial charge in [-0.25, -0.2) is 8.42 Å². The highest BCUT2D eigenvalue weighted by atomic mass is 32.2. The van der Waals surface area contributed by atoms with Gasteiger partial charge >= 0.3 is 0 Å². The van der Waals surface area contributed by atoms with E-state index in [1.165, 1.54) is 9.87 Å². The number of sulfonamides is 1. The number of hydrogen-bond donors (Lipinski definition) is 0. The van der Waals surface area contributed by atoms with E-state index in [-0.39, 0.29) is 10.8 Å². The standard InChI is InChI=1S/C23H28N2O3S/c26-23(24-15-5-4-10-21(18-24)19-8-2-1-3-9-19)20-11-13-22(14-12-20)29(27,28)25-16-6-7-17-25/h1-3,8-9,11-14,21H,4-7,10,15-18H2. The van der Waals surface area contributed by atoms with Crippen LogP contribution in [-0.4, -0.2) is 49.7 Å². The second-order valence-corrected chi connectivity index (χ2v) is 9.93. The Labute approximate surface area is 173 Å². The molecular weight excluding hydrogens is 384 g/mol. The van der Waals surface area contributed by atoms with Gasteiger partial charge in [-0.15, -0.1) is 0 Å². The van der Waals surface area contributed by atoms with E-state index in [2.05, 4.69) is 12.1 Å². The van der Waals surface area contributed by atoms with Gasteiger partial charge in [-0.05, 0) is 55.5 Å². The Morgan fingerprint density at radius 2 is 1.48 bits per heavy atom. The summed E-state index contributed by atoms with van der Waals surface area (Å²) >= 11 is 0. The number of carbonyl (C=O) groups excluding carboxylic acids is 1. The summed E-state index contributed by atoms with van der Waals surface area (Å²) in [5, 5.41) is 0. The molecule has 0 saturated carbocycles. The van der Waals surface area contributed by atoms with Crippen LogP contribution in [0.4, 0.5) is 0 Å². The second kappa shape index (κ2) is 8.67. The minimum absolute atomic E-state index is 0.0158. The summed E-state index contributed by atoms with van der Waals surface area (Å²) in [4.78, 5) is 15.3. The summed E-state index contributed by atoms with van der Waals surface area (Å²) in [5.74, 6) is 0.329. The number of nitrogens with zero attached hydrogens (tertiary/aromatic N) is 2. The molecule has 1 amide bonds. The molecule has 29 heavy (non-hydrogen) atoms. The van der Waals surface area contributed by atoms with Crippen LogP contribution >= 0.6 is 0 Å². The highest BCUT2D eigenvalue weighted by Gasteiger charge is 2.28. The minimum Gasteiger partial charge on any atom is -0.338 e. The molecule has 2 aromatic rings. The van der Waals surface area contributed by atoms with Gasteiger partial charge in [0.2, 0.25) is 10.0 Å². The Kier molecular flexibility index (Phi) is 6.01. The van der Waals surface area contributed by atoms with Gasteiger partial charge in [-0.1, -0.05) is 36.8 Å². The van der Waals surface area contributed by atoms with E-state index < -0.39 is 10.0 Å². The van der Waals surface area contributed by atoms with Gasteiger partial charge in [0.15, 0.2) is 0 Å². The maximum Gasteiger partial charge on any atom is 0.253 e. The van der Waals surface area contributed by atoms with E-state index in [0.717, 1.165) is 38.6 Å². The highest BCUT2D eigenvalue weighted by Crippen LogP contribution is 2.27. The average molecular weight is 413 g/mol. The fourth-order valence-corrected chi connectivity index (χ4v) is 5.87. The monoisotopic (exact) mass is 412 g/mol. The van der Waals surface area contributed by atoms with Gasteiger partial charge in [0.25, 0.3) is 5.91 Å².